The lowest BCUT2D eigenvalue weighted by Crippen LogP contribution is -2.25. The number of carbonyl (C=O) groups is 1. The molecule has 34 heavy (non-hydrogen) atoms. The van der Waals surface area contributed by atoms with Gasteiger partial charge in [0.25, 0.3) is 0 Å². The van der Waals surface area contributed by atoms with Gasteiger partial charge >= 0.3 is 5.97 Å². The van der Waals surface area contributed by atoms with Gasteiger partial charge in [-0.1, -0.05) is 17.0 Å². The number of carboxylic acids is 1. The van der Waals surface area contributed by atoms with E-state index in [9.17, 15) is 9.90 Å². The summed E-state index contributed by atoms with van der Waals surface area (Å²) in [5, 5.41) is 22.7. The maximum atomic E-state index is 10.7. The van der Waals surface area contributed by atoms with Crippen molar-refractivity contribution in [1.82, 2.24) is 19.6 Å². The third kappa shape index (κ3) is 4.91. The van der Waals surface area contributed by atoms with Crippen LogP contribution in [0.1, 0.15) is 43.0 Å². The molecule has 4 atom stereocenters. The van der Waals surface area contributed by atoms with Crippen molar-refractivity contribution in [3.63, 3.8) is 0 Å². The van der Waals surface area contributed by atoms with Crippen molar-refractivity contribution in [2.75, 3.05) is 19.6 Å². The number of aliphatic carboxylic acids is 1. The van der Waals surface area contributed by atoms with E-state index in [-0.39, 0.29) is 6.42 Å². The Morgan fingerprint density at radius 3 is 2.74 bits per heavy atom. The van der Waals surface area contributed by atoms with Crippen LogP contribution < -0.4 is 0 Å². The lowest BCUT2D eigenvalue weighted by molar-refractivity contribution is -0.137. The number of likely N-dealkylation sites (tertiary alicyclic amines) is 1. The summed E-state index contributed by atoms with van der Waals surface area (Å²) in [6, 6.07) is 9.89. The Labute approximate surface area is 198 Å². The maximum Gasteiger partial charge on any atom is 0.303 e. The number of nitrogens with zero attached hydrogens (tertiary/aromatic N) is 4. The normalized spacial score (nSPS) is 22.1. The largest absolute Gasteiger partial charge is 0.481 e. The van der Waals surface area contributed by atoms with Gasteiger partial charge in [-0.2, -0.15) is 0 Å². The second-order valence-corrected chi connectivity index (χ2v) is 9.23. The molecule has 0 amide bonds. The van der Waals surface area contributed by atoms with Gasteiger partial charge in [0.05, 0.1) is 6.54 Å². The number of benzene rings is 1. The molecule has 2 aromatic heterocycles. The van der Waals surface area contributed by atoms with E-state index in [1.165, 1.54) is 0 Å². The Bertz CT molecular complexity index is 1210. The third-order valence-electron chi connectivity index (χ3n) is 6.70. The Hall–Kier alpha value is -3.41. The molecule has 2 fully saturated rings. The van der Waals surface area contributed by atoms with Gasteiger partial charge in [-0.3, -0.25) is 4.79 Å². The van der Waals surface area contributed by atoms with Crippen molar-refractivity contribution < 1.29 is 19.5 Å². The van der Waals surface area contributed by atoms with Gasteiger partial charge in [-0.15, -0.1) is 0 Å². The molecule has 1 unspecified atom stereocenters. The van der Waals surface area contributed by atoms with Crippen LogP contribution >= 0.6 is 0 Å². The lowest BCUT2D eigenvalue weighted by atomic mass is 10.1. The highest BCUT2D eigenvalue weighted by Gasteiger charge is 2.54. The number of aromatic nitrogens is 3. The van der Waals surface area contributed by atoms with Gasteiger partial charge in [-0.25, -0.2) is 4.98 Å². The first-order valence-corrected chi connectivity index (χ1v) is 11.7. The number of piperidine rings is 1. The van der Waals surface area contributed by atoms with Gasteiger partial charge in [0.2, 0.25) is 0 Å². The molecule has 8 heteroatoms. The van der Waals surface area contributed by atoms with Crippen molar-refractivity contribution in [2.45, 2.75) is 32.4 Å². The fraction of sp³-hybridized carbons (Fsp3) is 0.423. The minimum absolute atomic E-state index is 0.245. The Kier molecular flexibility index (Phi) is 6.22. The van der Waals surface area contributed by atoms with Gasteiger partial charge in [0.1, 0.15) is 17.6 Å². The van der Waals surface area contributed by atoms with E-state index in [2.05, 4.69) is 26.9 Å². The molecule has 1 aromatic carbocycles. The zero-order valence-electron chi connectivity index (χ0n) is 19.1. The molecule has 1 aliphatic carbocycles. The van der Waals surface area contributed by atoms with Crippen LogP contribution in [0.4, 0.5) is 0 Å². The summed E-state index contributed by atoms with van der Waals surface area (Å²) in [4.78, 5) is 17.2. The number of hydrogen-bond acceptors (Lipinski definition) is 6. The fourth-order valence-corrected chi connectivity index (χ4v) is 4.87. The molecule has 3 aromatic rings. The Morgan fingerprint density at radius 1 is 1.26 bits per heavy atom. The lowest BCUT2D eigenvalue weighted by Gasteiger charge is -2.17. The fourth-order valence-electron chi connectivity index (χ4n) is 4.87. The predicted molar refractivity (Wildman–Crippen MR) is 125 cm³/mol. The van der Waals surface area contributed by atoms with E-state index < -0.39 is 12.1 Å². The molecule has 1 saturated carbocycles. The topological polar surface area (TPSA) is 105 Å². The smallest absolute Gasteiger partial charge is 0.303 e. The van der Waals surface area contributed by atoms with Crippen molar-refractivity contribution in [3.05, 3.63) is 59.8 Å². The van der Waals surface area contributed by atoms with Gasteiger partial charge < -0.3 is 24.2 Å². The molecule has 1 saturated heterocycles. The molecule has 176 valence electrons. The Morgan fingerprint density at radius 2 is 2.03 bits per heavy atom. The van der Waals surface area contributed by atoms with Crippen molar-refractivity contribution in [2.24, 2.45) is 17.8 Å². The van der Waals surface area contributed by atoms with Crippen LogP contribution in [0.15, 0.2) is 47.2 Å². The number of rotatable bonds is 8. The molecule has 5 rings (SSSR count). The number of fused-ring (bicyclic) bond motifs is 1. The van der Waals surface area contributed by atoms with E-state index >= 15 is 0 Å². The molecule has 1 aliphatic heterocycles. The van der Waals surface area contributed by atoms with Crippen LogP contribution in [0, 0.1) is 29.6 Å². The molecule has 2 aliphatic rings. The predicted octanol–water partition coefficient (Wildman–Crippen LogP) is 3.03. The van der Waals surface area contributed by atoms with E-state index in [1.807, 2.05) is 41.1 Å². The maximum absolute atomic E-state index is 10.7. The first-order chi connectivity index (χ1) is 16.5. The molecular weight excluding hydrogens is 432 g/mol. The summed E-state index contributed by atoms with van der Waals surface area (Å²) < 4.78 is 7.38. The van der Waals surface area contributed by atoms with Crippen molar-refractivity contribution >= 4 is 5.97 Å². The van der Waals surface area contributed by atoms with Crippen LogP contribution in [0.2, 0.25) is 0 Å². The average molecular weight is 461 g/mol. The van der Waals surface area contributed by atoms with Crippen LogP contribution in [0.3, 0.4) is 0 Å². The van der Waals surface area contributed by atoms with Crippen molar-refractivity contribution in [1.29, 1.82) is 0 Å². The first kappa shape index (κ1) is 22.4. The molecule has 3 heterocycles. The minimum atomic E-state index is -0.719. The van der Waals surface area contributed by atoms with E-state index in [1.54, 1.807) is 13.1 Å². The molecule has 0 bridgehead atoms. The van der Waals surface area contributed by atoms with Gasteiger partial charge in [-0.05, 0) is 56.0 Å². The summed E-state index contributed by atoms with van der Waals surface area (Å²) in [7, 11) is 0. The monoisotopic (exact) mass is 460 g/mol. The number of aliphatic hydroxyl groups is 1. The molecule has 8 nitrogen and oxygen atoms in total. The van der Waals surface area contributed by atoms with Crippen LogP contribution in [-0.2, 0) is 11.3 Å². The highest BCUT2D eigenvalue weighted by molar-refractivity contribution is 5.66. The van der Waals surface area contributed by atoms with Crippen LogP contribution in [0.25, 0.3) is 11.3 Å². The van der Waals surface area contributed by atoms with E-state index in [0.29, 0.717) is 35.9 Å². The number of carboxylic acid groups (broad SMARTS) is 1. The SMILES string of the molecule is C[C@H](O)c1nccn1Cc1cc(-c2ccc(C#CC3[C@H]4CN(CCCC(=O)O)C[C@@H]34)cc2)on1. The summed E-state index contributed by atoms with van der Waals surface area (Å²) >= 11 is 0. The van der Waals surface area contributed by atoms with E-state index in [0.717, 1.165) is 42.9 Å². The van der Waals surface area contributed by atoms with Crippen LogP contribution in [0.5, 0.6) is 0 Å². The second kappa shape index (κ2) is 9.45. The quantitative estimate of drug-likeness (QED) is 0.498. The number of hydrogen-bond donors (Lipinski definition) is 2. The summed E-state index contributed by atoms with van der Waals surface area (Å²) in [6.45, 7) is 5.11. The Balaban J connectivity index is 1.14. The first-order valence-electron chi connectivity index (χ1n) is 11.7. The molecule has 0 radical (unpaired) electrons. The summed E-state index contributed by atoms with van der Waals surface area (Å²) in [5.74, 6) is 9.04. The molecule has 2 N–H and O–H groups in total. The summed E-state index contributed by atoms with van der Waals surface area (Å²) in [5.41, 5.74) is 2.67. The summed E-state index contributed by atoms with van der Waals surface area (Å²) in [6.07, 6.45) is 3.80. The van der Waals surface area contributed by atoms with Gasteiger partial charge in [0, 0.05) is 55.0 Å². The highest BCUT2D eigenvalue weighted by Crippen LogP contribution is 2.51. The van der Waals surface area contributed by atoms with Crippen LogP contribution in [-0.4, -0.2) is 55.4 Å². The number of imidazole rings is 1. The number of aliphatic hydroxyl groups excluding tert-OH is 1. The average Bonchev–Trinajstić information content (AvgIpc) is 3.30. The highest BCUT2D eigenvalue weighted by atomic mass is 16.5. The third-order valence-corrected chi connectivity index (χ3v) is 6.70. The second-order valence-electron chi connectivity index (χ2n) is 9.23. The standard InChI is InChI=1S/C26H28N4O4/c1-17(31)26-27-10-12-30(26)14-20-13-24(34-28-20)19-7-4-18(5-8-19)6-9-21-22-15-29(16-23(21)22)11-2-3-25(32)33/h4-5,7-8,10,12-13,17,21-23,31H,2-3,11,14-16H2,1H3,(H,32,33)/t17-,21?,22-,23+/m0/s1. The zero-order chi connectivity index (χ0) is 23.7. The van der Waals surface area contributed by atoms with Crippen molar-refractivity contribution in [3.8, 4) is 23.2 Å². The minimum Gasteiger partial charge on any atom is -0.481 e. The molecular formula is C26H28N4O4. The zero-order valence-corrected chi connectivity index (χ0v) is 19.1. The molecule has 0 spiro atoms. The van der Waals surface area contributed by atoms with Gasteiger partial charge in [0.15, 0.2) is 5.76 Å². The van der Waals surface area contributed by atoms with E-state index in [4.69, 9.17) is 9.63 Å².